The monoisotopic (exact) mass is 363 g/mol. The van der Waals surface area contributed by atoms with Crippen LogP contribution in [0.2, 0.25) is 0 Å². The topological polar surface area (TPSA) is 80.3 Å². The van der Waals surface area contributed by atoms with Gasteiger partial charge in [-0.05, 0) is 19.1 Å². The van der Waals surface area contributed by atoms with E-state index in [2.05, 4.69) is 5.32 Å². The summed E-state index contributed by atoms with van der Waals surface area (Å²) in [6.07, 6.45) is 1.09. The minimum absolute atomic E-state index is 0.314. The summed E-state index contributed by atoms with van der Waals surface area (Å²) in [6, 6.07) is 7.41. The van der Waals surface area contributed by atoms with Gasteiger partial charge in [-0.1, -0.05) is 6.07 Å². The van der Waals surface area contributed by atoms with Gasteiger partial charge in [0.25, 0.3) is 0 Å². The Labute approximate surface area is 153 Å². The van der Waals surface area contributed by atoms with Crippen LogP contribution < -0.4 is 10.1 Å². The van der Waals surface area contributed by atoms with Crippen LogP contribution in [-0.4, -0.2) is 68.9 Å². The number of ether oxygens (including phenoxy) is 3. The van der Waals surface area contributed by atoms with Crippen LogP contribution in [0.3, 0.4) is 0 Å². The zero-order valence-electron chi connectivity index (χ0n) is 15.4. The van der Waals surface area contributed by atoms with E-state index < -0.39 is 5.97 Å². The Balaban J connectivity index is 2.09. The van der Waals surface area contributed by atoms with Crippen molar-refractivity contribution in [2.45, 2.75) is 6.92 Å². The molecule has 1 N–H and O–H groups in total. The van der Waals surface area contributed by atoms with Crippen LogP contribution in [0.25, 0.3) is 0 Å². The maximum Gasteiger partial charge on any atom is 0.409 e. The van der Waals surface area contributed by atoms with E-state index in [4.69, 9.17) is 14.2 Å². The lowest BCUT2D eigenvalue weighted by Gasteiger charge is -2.36. The largest absolute Gasteiger partial charge is 0.497 e. The van der Waals surface area contributed by atoms with Gasteiger partial charge in [-0.2, -0.15) is 0 Å². The number of methoxy groups -OCH3 is 2. The van der Waals surface area contributed by atoms with Crippen LogP contribution in [0.15, 0.2) is 36.2 Å². The molecule has 0 atom stereocenters. The van der Waals surface area contributed by atoms with Gasteiger partial charge in [0.05, 0.1) is 26.9 Å². The molecule has 8 nitrogen and oxygen atoms in total. The first-order valence-electron chi connectivity index (χ1n) is 8.44. The minimum atomic E-state index is -0.455. The summed E-state index contributed by atoms with van der Waals surface area (Å²) in [5.74, 6) is 0.858. The molecule has 0 spiro atoms. The predicted octanol–water partition coefficient (Wildman–Crippen LogP) is 1.90. The Bertz CT molecular complexity index is 654. The van der Waals surface area contributed by atoms with Crippen molar-refractivity contribution in [3.8, 4) is 5.75 Å². The Morgan fingerprint density at radius 3 is 2.46 bits per heavy atom. The lowest BCUT2D eigenvalue weighted by Crippen LogP contribution is -2.49. The molecule has 0 saturated carbocycles. The summed E-state index contributed by atoms with van der Waals surface area (Å²) < 4.78 is 15.0. The van der Waals surface area contributed by atoms with Crippen molar-refractivity contribution in [1.82, 2.24) is 9.80 Å². The Kier molecular flexibility index (Phi) is 7.13. The first-order valence-corrected chi connectivity index (χ1v) is 8.44. The fraction of sp³-hybridized carbons (Fsp3) is 0.444. The third-order valence-electron chi connectivity index (χ3n) is 3.94. The van der Waals surface area contributed by atoms with E-state index >= 15 is 0 Å². The van der Waals surface area contributed by atoms with E-state index in [0.717, 1.165) is 5.69 Å². The number of amides is 1. The van der Waals surface area contributed by atoms with Crippen LogP contribution in [0.4, 0.5) is 10.5 Å². The van der Waals surface area contributed by atoms with Crippen molar-refractivity contribution in [1.29, 1.82) is 0 Å². The smallest absolute Gasteiger partial charge is 0.409 e. The molecule has 1 saturated heterocycles. The lowest BCUT2D eigenvalue weighted by molar-refractivity contribution is -0.135. The van der Waals surface area contributed by atoms with Crippen LogP contribution in [0.5, 0.6) is 5.75 Å². The number of nitrogens with one attached hydrogen (secondary N) is 1. The van der Waals surface area contributed by atoms with Gasteiger partial charge in [0.1, 0.15) is 11.6 Å². The number of benzene rings is 1. The molecule has 1 heterocycles. The summed E-state index contributed by atoms with van der Waals surface area (Å²) in [6.45, 7) is 4.29. The van der Waals surface area contributed by atoms with Gasteiger partial charge < -0.3 is 29.3 Å². The van der Waals surface area contributed by atoms with Crippen molar-refractivity contribution < 1.29 is 23.8 Å². The maximum atomic E-state index is 11.8. The van der Waals surface area contributed by atoms with Crippen molar-refractivity contribution in [2.24, 2.45) is 0 Å². The van der Waals surface area contributed by atoms with Gasteiger partial charge in [-0.15, -0.1) is 0 Å². The zero-order valence-corrected chi connectivity index (χ0v) is 15.4. The lowest BCUT2D eigenvalue weighted by atomic mass is 10.2. The predicted molar refractivity (Wildman–Crippen MR) is 96.9 cm³/mol. The molecule has 1 amide bonds. The van der Waals surface area contributed by atoms with Gasteiger partial charge in [-0.3, -0.25) is 0 Å². The number of hydrogen-bond donors (Lipinski definition) is 1. The first-order chi connectivity index (χ1) is 12.6. The third kappa shape index (κ3) is 5.30. The molecule has 0 radical (unpaired) electrons. The summed E-state index contributed by atoms with van der Waals surface area (Å²) in [5.41, 5.74) is 0.785. The molecular weight excluding hydrogens is 338 g/mol. The molecule has 0 aromatic heterocycles. The fourth-order valence-electron chi connectivity index (χ4n) is 2.57. The minimum Gasteiger partial charge on any atom is -0.497 e. The average molecular weight is 363 g/mol. The standard InChI is InChI=1S/C18H25N3O5/c1-4-26-18(23)21-10-8-20(9-11-21)16(13-17(22)25-3)19-14-6-5-7-15(12-14)24-2/h5-7,12-13,19H,4,8-11H2,1-3H3. The van der Waals surface area contributed by atoms with E-state index in [1.165, 1.54) is 13.2 Å². The molecule has 0 bridgehead atoms. The van der Waals surface area contributed by atoms with Gasteiger partial charge in [-0.25, -0.2) is 9.59 Å². The number of hydrogen-bond acceptors (Lipinski definition) is 7. The highest BCUT2D eigenvalue weighted by Gasteiger charge is 2.24. The Morgan fingerprint density at radius 2 is 1.85 bits per heavy atom. The molecule has 1 aromatic carbocycles. The zero-order chi connectivity index (χ0) is 18.9. The number of carbonyl (C=O) groups excluding carboxylic acids is 2. The van der Waals surface area contributed by atoms with E-state index in [1.807, 2.05) is 29.2 Å². The molecule has 0 aliphatic carbocycles. The molecule has 1 aromatic rings. The van der Waals surface area contributed by atoms with Crippen LogP contribution in [0.1, 0.15) is 6.92 Å². The fourth-order valence-corrected chi connectivity index (χ4v) is 2.57. The summed E-state index contributed by atoms with van der Waals surface area (Å²) in [5, 5.41) is 3.23. The van der Waals surface area contributed by atoms with E-state index in [9.17, 15) is 9.59 Å². The maximum absolute atomic E-state index is 11.8. The number of piperazine rings is 1. The normalized spacial score (nSPS) is 14.7. The van der Waals surface area contributed by atoms with E-state index in [-0.39, 0.29) is 6.09 Å². The SMILES string of the molecule is CCOC(=O)N1CCN(C(=CC(=O)OC)Nc2cccc(OC)c2)CC1. The molecular formula is C18H25N3O5. The Morgan fingerprint density at radius 1 is 1.15 bits per heavy atom. The number of nitrogens with zero attached hydrogens (tertiary/aromatic N) is 2. The second-order valence-corrected chi connectivity index (χ2v) is 5.58. The molecule has 1 aliphatic rings. The molecule has 1 aliphatic heterocycles. The van der Waals surface area contributed by atoms with Crippen LogP contribution >= 0.6 is 0 Å². The average Bonchev–Trinajstić information content (AvgIpc) is 2.67. The number of esters is 1. The van der Waals surface area contributed by atoms with Crippen molar-refractivity contribution in [2.75, 3.05) is 52.3 Å². The van der Waals surface area contributed by atoms with Gasteiger partial charge in [0.2, 0.25) is 0 Å². The molecule has 1 fully saturated rings. The molecule has 0 unspecified atom stereocenters. The second kappa shape index (κ2) is 9.55. The van der Waals surface area contributed by atoms with Crippen molar-refractivity contribution >= 4 is 17.7 Å². The van der Waals surface area contributed by atoms with E-state index in [1.54, 1.807) is 18.9 Å². The Hall–Kier alpha value is -2.90. The first kappa shape index (κ1) is 19.4. The molecule has 2 rings (SSSR count). The third-order valence-corrected chi connectivity index (χ3v) is 3.94. The summed E-state index contributed by atoms with van der Waals surface area (Å²) in [7, 11) is 2.93. The van der Waals surface area contributed by atoms with Crippen molar-refractivity contribution in [3.05, 3.63) is 36.2 Å². The quantitative estimate of drug-likeness (QED) is 0.611. The molecule has 8 heteroatoms. The van der Waals surface area contributed by atoms with E-state index in [0.29, 0.717) is 44.4 Å². The van der Waals surface area contributed by atoms with Gasteiger partial charge >= 0.3 is 12.1 Å². The highest BCUT2D eigenvalue weighted by Crippen LogP contribution is 2.20. The number of rotatable bonds is 6. The van der Waals surface area contributed by atoms with Crippen LogP contribution in [0, 0.1) is 0 Å². The number of carbonyl (C=O) groups is 2. The molecule has 142 valence electrons. The summed E-state index contributed by atoms with van der Waals surface area (Å²) in [4.78, 5) is 27.2. The molecule has 26 heavy (non-hydrogen) atoms. The second-order valence-electron chi connectivity index (χ2n) is 5.58. The highest BCUT2D eigenvalue weighted by molar-refractivity contribution is 5.83. The van der Waals surface area contributed by atoms with Gasteiger partial charge in [0.15, 0.2) is 0 Å². The number of anilines is 1. The highest BCUT2D eigenvalue weighted by atomic mass is 16.6. The van der Waals surface area contributed by atoms with Crippen molar-refractivity contribution in [3.63, 3.8) is 0 Å². The van der Waals surface area contributed by atoms with Gasteiger partial charge in [0, 0.05) is 37.9 Å². The summed E-state index contributed by atoms with van der Waals surface area (Å²) >= 11 is 0. The van der Waals surface area contributed by atoms with Crippen LogP contribution in [-0.2, 0) is 14.3 Å².